The molecule has 0 aromatic carbocycles. The molecule has 2 rings (SSSR count). The summed E-state index contributed by atoms with van der Waals surface area (Å²) < 4.78 is 10.5. The summed E-state index contributed by atoms with van der Waals surface area (Å²) in [4.78, 5) is 49.5. The Labute approximate surface area is 232 Å². The van der Waals surface area contributed by atoms with Crippen LogP contribution in [0.5, 0.6) is 0 Å². The molecule has 39 heavy (non-hydrogen) atoms. The maximum atomic E-state index is 12.7. The fraction of sp³-hybridized carbons (Fsp3) is 0.793. The van der Waals surface area contributed by atoms with E-state index in [2.05, 4.69) is 0 Å². The van der Waals surface area contributed by atoms with Crippen LogP contribution >= 0.6 is 0 Å². The highest BCUT2D eigenvalue weighted by atomic mass is 16.6. The van der Waals surface area contributed by atoms with E-state index in [0.717, 1.165) is 0 Å². The van der Waals surface area contributed by atoms with Gasteiger partial charge in [0, 0.05) is 31.3 Å². The molecule has 0 spiro atoms. The van der Waals surface area contributed by atoms with Crippen LogP contribution in [0.2, 0.25) is 0 Å². The van der Waals surface area contributed by atoms with E-state index in [-0.39, 0.29) is 41.5 Å². The minimum Gasteiger partial charge on any atom is -0.465 e. The summed E-state index contributed by atoms with van der Waals surface area (Å²) in [6.07, 6.45) is 1.44. The van der Waals surface area contributed by atoms with Crippen molar-refractivity contribution in [2.75, 3.05) is 7.05 Å². The Balaban J connectivity index is 0.000000487. The molecule has 3 N–H and O–H groups in total. The number of allylic oxidation sites excluding steroid dienone is 1. The molecule has 2 aliphatic heterocycles. The van der Waals surface area contributed by atoms with Crippen LogP contribution in [0, 0.1) is 23.7 Å². The van der Waals surface area contributed by atoms with Crippen LogP contribution in [-0.2, 0) is 23.9 Å². The molecule has 0 saturated carbocycles. The van der Waals surface area contributed by atoms with E-state index >= 15 is 0 Å². The van der Waals surface area contributed by atoms with Gasteiger partial charge in [0.15, 0.2) is 12.1 Å². The number of carbonyl (C=O) groups excluding carboxylic acids is 3. The van der Waals surface area contributed by atoms with Crippen molar-refractivity contribution in [1.82, 2.24) is 4.90 Å². The molecule has 10 heteroatoms. The third-order valence-electron chi connectivity index (χ3n) is 7.72. The minimum absolute atomic E-state index is 0.0253. The molecule has 224 valence electrons. The van der Waals surface area contributed by atoms with Crippen molar-refractivity contribution >= 4 is 23.6 Å². The number of hydrogen-bond donors (Lipinski definition) is 3. The number of carboxylic acid groups (broad SMARTS) is 1. The number of hydrogen-bond acceptors (Lipinski definition) is 8. The first-order valence-corrected chi connectivity index (χ1v) is 13.9. The highest BCUT2D eigenvalue weighted by Gasteiger charge is 2.37. The van der Waals surface area contributed by atoms with E-state index in [1.54, 1.807) is 20.8 Å². The van der Waals surface area contributed by atoms with Crippen molar-refractivity contribution in [3.05, 3.63) is 11.6 Å². The van der Waals surface area contributed by atoms with Gasteiger partial charge in [-0.2, -0.15) is 0 Å². The monoisotopic (exact) mass is 555 g/mol. The first-order valence-electron chi connectivity index (χ1n) is 13.9. The highest BCUT2D eigenvalue weighted by molar-refractivity contribution is 5.99. The number of rotatable bonds is 2. The Kier molecular flexibility index (Phi) is 13.3. The van der Waals surface area contributed by atoms with Crippen LogP contribution in [0.1, 0.15) is 87.5 Å². The normalized spacial score (nSPS) is 38.3. The van der Waals surface area contributed by atoms with E-state index in [9.17, 15) is 29.4 Å². The number of aliphatic hydroxyl groups is 2. The maximum absolute atomic E-state index is 12.7. The van der Waals surface area contributed by atoms with Gasteiger partial charge >= 0.3 is 12.1 Å². The van der Waals surface area contributed by atoms with E-state index < -0.39 is 36.0 Å². The molecule has 1 amide bonds. The molecule has 1 fully saturated rings. The van der Waals surface area contributed by atoms with Gasteiger partial charge in [-0.15, -0.1) is 0 Å². The number of aliphatic hydroxyl groups excluding tert-OH is 1. The zero-order valence-electron chi connectivity index (χ0n) is 25.0. The minimum atomic E-state index is -1.48. The molecule has 0 aliphatic carbocycles. The van der Waals surface area contributed by atoms with Crippen molar-refractivity contribution in [2.24, 2.45) is 23.7 Å². The second-order valence-electron chi connectivity index (χ2n) is 11.7. The summed E-state index contributed by atoms with van der Waals surface area (Å²) in [5.74, 6) is -1.96. The molecule has 1 saturated heterocycles. The van der Waals surface area contributed by atoms with Gasteiger partial charge < -0.3 is 29.7 Å². The number of ketones is 2. The Morgan fingerprint density at radius 1 is 1.05 bits per heavy atom. The number of cyclic esters (lactones) is 1. The summed E-state index contributed by atoms with van der Waals surface area (Å²) in [6, 6.07) is -0.142. The standard InChI is InChI=1S/C21H34O5.C8H15NO4/c1-8-17-21(7,25)11-15(5)18(22)13(3)9-12(2)10-14(4)19(23)16(6)20(24)26-17;1-5-3-6(4-7(10)13-5)9(2)8(11)12/h11-14,16-17,25H,8-10H2,1-7H3;5-7,10H,3-4H2,1-2H3,(H,11,12)/b15-11+;/t12?,13-,14?,16?,17?,21+;/m1./s1. The van der Waals surface area contributed by atoms with E-state index in [1.807, 2.05) is 27.7 Å². The number of carbonyl (C=O) groups is 4. The molecule has 7 unspecified atom stereocenters. The van der Waals surface area contributed by atoms with E-state index in [1.165, 1.54) is 24.9 Å². The molecule has 9 atom stereocenters. The third kappa shape index (κ3) is 10.3. The second-order valence-corrected chi connectivity index (χ2v) is 11.7. The predicted molar refractivity (Wildman–Crippen MR) is 146 cm³/mol. The summed E-state index contributed by atoms with van der Waals surface area (Å²) in [5.41, 5.74) is -1.01. The molecule has 2 heterocycles. The Morgan fingerprint density at radius 2 is 1.62 bits per heavy atom. The van der Waals surface area contributed by atoms with E-state index in [0.29, 0.717) is 37.7 Å². The number of esters is 1. The number of nitrogens with zero attached hydrogens (tertiary/aromatic N) is 1. The molecule has 0 radical (unpaired) electrons. The molecular weight excluding hydrogens is 506 g/mol. The van der Waals surface area contributed by atoms with Crippen molar-refractivity contribution in [3.8, 4) is 0 Å². The fourth-order valence-electron chi connectivity index (χ4n) is 5.48. The maximum Gasteiger partial charge on any atom is 0.407 e. The summed E-state index contributed by atoms with van der Waals surface area (Å²) in [6.45, 7) is 14.1. The van der Waals surface area contributed by atoms with Crippen LogP contribution in [-0.4, -0.2) is 81.0 Å². The number of Topliss-reactive ketones (excluding diaryl/α,β-unsaturated/α-hetero) is 2. The van der Waals surface area contributed by atoms with Crippen LogP contribution in [0.4, 0.5) is 4.79 Å². The van der Waals surface area contributed by atoms with Crippen LogP contribution in [0.3, 0.4) is 0 Å². The summed E-state index contributed by atoms with van der Waals surface area (Å²) in [5, 5.41) is 28.8. The molecule has 10 nitrogen and oxygen atoms in total. The van der Waals surface area contributed by atoms with Gasteiger partial charge in [-0.3, -0.25) is 14.4 Å². The zero-order chi connectivity index (χ0) is 30.2. The fourth-order valence-corrected chi connectivity index (χ4v) is 5.48. The smallest absolute Gasteiger partial charge is 0.407 e. The summed E-state index contributed by atoms with van der Waals surface area (Å²) >= 11 is 0. The number of ether oxygens (including phenoxy) is 2. The number of amides is 1. The third-order valence-corrected chi connectivity index (χ3v) is 7.72. The second kappa shape index (κ2) is 14.9. The quantitative estimate of drug-likeness (QED) is 0.340. The van der Waals surface area contributed by atoms with Crippen molar-refractivity contribution in [2.45, 2.75) is 118 Å². The lowest BCUT2D eigenvalue weighted by atomic mass is 9.82. The van der Waals surface area contributed by atoms with E-state index in [4.69, 9.17) is 14.6 Å². The van der Waals surface area contributed by atoms with Crippen molar-refractivity contribution in [3.63, 3.8) is 0 Å². The largest absolute Gasteiger partial charge is 0.465 e. The molecule has 0 aromatic heterocycles. The Morgan fingerprint density at radius 3 is 2.13 bits per heavy atom. The summed E-state index contributed by atoms with van der Waals surface area (Å²) in [7, 11) is 1.51. The Bertz CT molecular complexity index is 889. The van der Waals surface area contributed by atoms with Gasteiger partial charge in [0.25, 0.3) is 0 Å². The first-order chi connectivity index (χ1) is 17.9. The average Bonchev–Trinajstić information content (AvgIpc) is 2.83. The molecular formula is C29H49NO9. The van der Waals surface area contributed by atoms with Gasteiger partial charge in [-0.05, 0) is 70.9 Å². The SMILES string of the molecule is CC1CC(N(C)C(=O)O)CC(O)O1.CCC1OC(=O)C(C)C(=O)C(C)CC(C)C[C@@H](C)C(=O)/C(C)=C/[C@]1(C)O. The van der Waals surface area contributed by atoms with Crippen molar-refractivity contribution < 1.29 is 44.0 Å². The molecule has 0 aromatic rings. The van der Waals surface area contributed by atoms with Crippen LogP contribution in [0.25, 0.3) is 0 Å². The first kappa shape index (κ1) is 34.7. The van der Waals surface area contributed by atoms with Gasteiger partial charge in [-0.25, -0.2) is 4.79 Å². The predicted octanol–water partition coefficient (Wildman–Crippen LogP) is 3.96. The highest BCUT2D eigenvalue weighted by Crippen LogP contribution is 2.28. The Hall–Kier alpha value is -2.30. The van der Waals surface area contributed by atoms with Gasteiger partial charge in [0.05, 0.1) is 6.10 Å². The lowest BCUT2D eigenvalue weighted by Gasteiger charge is -2.35. The van der Waals surface area contributed by atoms with Crippen molar-refractivity contribution in [1.29, 1.82) is 0 Å². The average molecular weight is 556 g/mol. The van der Waals surface area contributed by atoms with Crippen LogP contribution in [0.15, 0.2) is 11.6 Å². The van der Waals surface area contributed by atoms with Gasteiger partial charge in [0.2, 0.25) is 0 Å². The lowest BCUT2D eigenvalue weighted by Crippen LogP contribution is -2.45. The molecule has 0 bridgehead atoms. The topological polar surface area (TPSA) is 151 Å². The zero-order valence-corrected chi connectivity index (χ0v) is 25.0. The van der Waals surface area contributed by atoms with Gasteiger partial charge in [-0.1, -0.05) is 27.7 Å². The lowest BCUT2D eigenvalue weighted by molar-refractivity contribution is -0.171. The molecule has 2 aliphatic rings. The van der Waals surface area contributed by atoms with Crippen LogP contribution < -0.4 is 0 Å². The van der Waals surface area contributed by atoms with Gasteiger partial charge in [0.1, 0.15) is 23.4 Å².